The number of phosphoric acid groups is 1. The van der Waals surface area contributed by atoms with Crippen LogP contribution in [0.4, 0.5) is 0 Å². The van der Waals surface area contributed by atoms with Crippen LogP contribution in [0.2, 0.25) is 0 Å². The van der Waals surface area contributed by atoms with Crippen molar-refractivity contribution in [1.29, 1.82) is 0 Å². The van der Waals surface area contributed by atoms with Crippen molar-refractivity contribution in [2.45, 2.75) is 46.1 Å². The molecule has 0 aliphatic carbocycles. The van der Waals surface area contributed by atoms with Crippen LogP contribution in [0.3, 0.4) is 0 Å². The highest BCUT2D eigenvalue weighted by Gasteiger charge is 2.22. The quantitative estimate of drug-likeness (QED) is 0.296. The number of pyridine rings is 1. The summed E-state index contributed by atoms with van der Waals surface area (Å²) in [7, 11) is -4.02. The molecule has 0 saturated heterocycles. The molecule has 1 amide bonds. The van der Waals surface area contributed by atoms with Crippen LogP contribution in [0, 0.1) is 6.92 Å². The fourth-order valence-electron chi connectivity index (χ4n) is 3.68. The molecule has 0 radical (unpaired) electrons. The smallest absolute Gasteiger partial charge is 0.356 e. The van der Waals surface area contributed by atoms with Gasteiger partial charge in [-0.05, 0) is 56.4 Å². The first-order valence-corrected chi connectivity index (χ1v) is 12.6. The number of carbonyl (C=O) groups is 1. The number of aromatic nitrogens is 1. The summed E-state index contributed by atoms with van der Waals surface area (Å²) in [6.07, 6.45) is 0.971. The van der Waals surface area contributed by atoms with Gasteiger partial charge in [0.1, 0.15) is 0 Å². The molecule has 0 saturated carbocycles. The monoisotopic (exact) mass is 470 g/mol. The molecule has 1 atom stereocenters. The van der Waals surface area contributed by atoms with Crippen molar-refractivity contribution >= 4 is 24.6 Å². The summed E-state index contributed by atoms with van der Waals surface area (Å²) < 4.78 is 21.5. The maximum atomic E-state index is 12.7. The van der Waals surface area contributed by atoms with Gasteiger partial charge in [0.05, 0.1) is 24.6 Å². The van der Waals surface area contributed by atoms with Gasteiger partial charge < -0.3 is 10.2 Å². The van der Waals surface area contributed by atoms with E-state index in [-0.39, 0.29) is 18.9 Å². The first kappa shape index (κ1) is 25.1. The standard InChI is InChI=1S/C25H31N2O5P/c1-18(2)32-33(29,30)31-16-10-9-15-26-24(28)17-22-19(3)27-23-14-8-7-13-21(23)25(22)20-11-5-4-6-12-20/h4-8,11-14,18H,9-10,15-17H2,1-3H3,(H,26,28)(H,29,30). The minimum Gasteiger partial charge on any atom is -0.356 e. The lowest BCUT2D eigenvalue weighted by atomic mass is 9.92. The highest BCUT2D eigenvalue weighted by atomic mass is 31.2. The van der Waals surface area contributed by atoms with Gasteiger partial charge in [-0.15, -0.1) is 0 Å². The lowest BCUT2D eigenvalue weighted by Crippen LogP contribution is -2.27. The summed E-state index contributed by atoms with van der Waals surface area (Å²) in [6, 6.07) is 18.0. The van der Waals surface area contributed by atoms with Crippen molar-refractivity contribution in [3.8, 4) is 11.1 Å². The lowest BCUT2D eigenvalue weighted by molar-refractivity contribution is -0.120. The van der Waals surface area contributed by atoms with E-state index in [9.17, 15) is 14.3 Å². The predicted octanol–water partition coefficient (Wildman–Crippen LogP) is 5.19. The second kappa shape index (κ2) is 11.5. The Morgan fingerprint density at radius 3 is 2.52 bits per heavy atom. The van der Waals surface area contributed by atoms with E-state index in [4.69, 9.17) is 14.0 Å². The molecule has 176 valence electrons. The van der Waals surface area contributed by atoms with Gasteiger partial charge in [0.2, 0.25) is 5.91 Å². The average molecular weight is 471 g/mol. The van der Waals surface area contributed by atoms with Crippen LogP contribution < -0.4 is 5.32 Å². The Morgan fingerprint density at radius 2 is 1.79 bits per heavy atom. The van der Waals surface area contributed by atoms with Crippen LogP contribution in [0.5, 0.6) is 0 Å². The maximum Gasteiger partial charge on any atom is 0.472 e. The van der Waals surface area contributed by atoms with Crippen LogP contribution in [0.1, 0.15) is 37.9 Å². The SMILES string of the molecule is Cc1nc2ccccc2c(-c2ccccc2)c1CC(=O)NCCCCOP(=O)(O)OC(C)C. The minimum atomic E-state index is -4.02. The molecule has 33 heavy (non-hydrogen) atoms. The number of hydrogen-bond donors (Lipinski definition) is 2. The van der Waals surface area contributed by atoms with Crippen molar-refractivity contribution in [3.63, 3.8) is 0 Å². The van der Waals surface area contributed by atoms with E-state index in [1.165, 1.54) is 0 Å². The molecule has 2 aromatic carbocycles. The van der Waals surface area contributed by atoms with Gasteiger partial charge in [-0.25, -0.2) is 4.57 Å². The Hall–Kier alpha value is -2.57. The van der Waals surface area contributed by atoms with E-state index >= 15 is 0 Å². The number of para-hydroxylation sites is 1. The van der Waals surface area contributed by atoms with E-state index in [1.807, 2.05) is 61.5 Å². The topological polar surface area (TPSA) is 97.8 Å². The molecule has 0 aliphatic heterocycles. The first-order chi connectivity index (χ1) is 15.8. The molecule has 3 aromatic rings. The van der Waals surface area contributed by atoms with Gasteiger partial charge in [-0.2, -0.15) is 0 Å². The van der Waals surface area contributed by atoms with E-state index < -0.39 is 13.9 Å². The van der Waals surface area contributed by atoms with Crippen molar-refractivity contribution in [2.24, 2.45) is 0 Å². The van der Waals surface area contributed by atoms with E-state index in [1.54, 1.807) is 13.8 Å². The summed E-state index contributed by atoms with van der Waals surface area (Å²) in [6.45, 7) is 5.80. The fourth-order valence-corrected chi connectivity index (χ4v) is 4.63. The molecule has 1 aromatic heterocycles. The van der Waals surface area contributed by atoms with Gasteiger partial charge in [-0.3, -0.25) is 18.8 Å². The number of nitrogens with one attached hydrogen (secondary N) is 1. The number of phosphoric ester groups is 1. The van der Waals surface area contributed by atoms with Crippen molar-refractivity contribution < 1.29 is 23.3 Å². The molecule has 1 heterocycles. The van der Waals surface area contributed by atoms with E-state index in [2.05, 4.69) is 5.32 Å². The van der Waals surface area contributed by atoms with Crippen LogP contribution >= 0.6 is 7.82 Å². The molecule has 1 unspecified atom stereocenters. The third kappa shape index (κ3) is 7.21. The Labute approximate surface area is 194 Å². The Morgan fingerprint density at radius 1 is 1.09 bits per heavy atom. The number of rotatable bonds is 11. The Kier molecular flexibility index (Phi) is 8.75. The average Bonchev–Trinajstić information content (AvgIpc) is 2.76. The van der Waals surface area contributed by atoms with Gasteiger partial charge in [0, 0.05) is 17.6 Å². The lowest BCUT2D eigenvalue weighted by Gasteiger charge is -2.16. The Balaban J connectivity index is 1.62. The normalized spacial score (nSPS) is 13.2. The molecule has 2 N–H and O–H groups in total. The number of fused-ring (bicyclic) bond motifs is 1. The number of amides is 1. The highest BCUT2D eigenvalue weighted by molar-refractivity contribution is 7.47. The van der Waals surface area contributed by atoms with E-state index in [0.717, 1.165) is 33.3 Å². The van der Waals surface area contributed by atoms with Crippen molar-refractivity contribution in [3.05, 3.63) is 65.9 Å². The van der Waals surface area contributed by atoms with Crippen LogP contribution in [0.15, 0.2) is 54.6 Å². The minimum absolute atomic E-state index is 0.0855. The maximum absolute atomic E-state index is 12.7. The highest BCUT2D eigenvalue weighted by Crippen LogP contribution is 2.44. The molecule has 0 fully saturated rings. The number of benzene rings is 2. The number of nitrogens with zero attached hydrogens (tertiary/aromatic N) is 1. The second-order valence-corrected chi connectivity index (χ2v) is 9.53. The number of unbranched alkanes of at least 4 members (excludes halogenated alkanes) is 1. The summed E-state index contributed by atoms with van der Waals surface area (Å²) in [4.78, 5) is 27.0. The summed E-state index contributed by atoms with van der Waals surface area (Å²) >= 11 is 0. The third-order valence-electron chi connectivity index (χ3n) is 5.09. The van der Waals surface area contributed by atoms with Gasteiger partial charge >= 0.3 is 7.82 Å². The number of carbonyl (C=O) groups excluding carboxylic acids is 1. The molecule has 8 heteroatoms. The summed E-state index contributed by atoms with van der Waals surface area (Å²) in [5, 5.41) is 3.95. The predicted molar refractivity (Wildman–Crippen MR) is 130 cm³/mol. The van der Waals surface area contributed by atoms with Crippen LogP contribution in [-0.2, 0) is 24.8 Å². The molecule has 0 bridgehead atoms. The molecule has 7 nitrogen and oxygen atoms in total. The molecular weight excluding hydrogens is 439 g/mol. The number of aryl methyl sites for hydroxylation is 1. The van der Waals surface area contributed by atoms with Crippen LogP contribution in [-0.4, -0.2) is 35.0 Å². The zero-order chi connectivity index (χ0) is 23.8. The van der Waals surface area contributed by atoms with E-state index in [0.29, 0.717) is 19.4 Å². The van der Waals surface area contributed by atoms with Crippen LogP contribution in [0.25, 0.3) is 22.0 Å². The fraction of sp³-hybridized carbons (Fsp3) is 0.360. The Bertz CT molecular complexity index is 1130. The van der Waals surface area contributed by atoms with Crippen molar-refractivity contribution in [1.82, 2.24) is 10.3 Å². The summed E-state index contributed by atoms with van der Waals surface area (Å²) in [5.74, 6) is -0.0933. The molecular formula is C25H31N2O5P. The zero-order valence-corrected chi connectivity index (χ0v) is 20.2. The largest absolute Gasteiger partial charge is 0.472 e. The summed E-state index contributed by atoms with van der Waals surface area (Å²) in [5.41, 5.74) is 4.73. The molecule has 0 aliphatic rings. The van der Waals surface area contributed by atoms with Gasteiger partial charge in [-0.1, -0.05) is 48.5 Å². The third-order valence-corrected chi connectivity index (χ3v) is 6.29. The van der Waals surface area contributed by atoms with Gasteiger partial charge in [0.15, 0.2) is 0 Å². The second-order valence-electron chi connectivity index (χ2n) is 8.12. The van der Waals surface area contributed by atoms with Gasteiger partial charge in [0.25, 0.3) is 0 Å². The first-order valence-electron chi connectivity index (χ1n) is 11.1. The van der Waals surface area contributed by atoms with Crippen molar-refractivity contribution in [2.75, 3.05) is 13.2 Å². The molecule has 3 rings (SSSR count). The molecule has 0 spiro atoms. The number of hydrogen-bond acceptors (Lipinski definition) is 5. The zero-order valence-electron chi connectivity index (χ0n) is 19.3.